The quantitative estimate of drug-likeness (QED) is 0.509. The van der Waals surface area contributed by atoms with E-state index in [2.05, 4.69) is 0 Å². The van der Waals surface area contributed by atoms with E-state index in [0.29, 0.717) is 12.8 Å². The van der Waals surface area contributed by atoms with Crippen LogP contribution in [-0.4, -0.2) is 24.1 Å². The van der Waals surface area contributed by atoms with Crippen LogP contribution in [0.1, 0.15) is 40.0 Å². The molecular formula is C12H18O4. The van der Waals surface area contributed by atoms with Crippen LogP contribution < -0.4 is 0 Å². The number of Topliss-reactive ketones (excluding diaryl/α,β-unsaturated/α-hetero) is 1. The first-order chi connectivity index (χ1) is 7.39. The van der Waals surface area contributed by atoms with Gasteiger partial charge in [-0.15, -0.1) is 0 Å². The van der Waals surface area contributed by atoms with Gasteiger partial charge in [0, 0.05) is 18.3 Å². The average Bonchev–Trinajstić information content (AvgIpc) is 2.66. The second kappa shape index (κ2) is 4.76. The number of ketones is 1. The number of ether oxygens (including phenoxy) is 1. The third-order valence-corrected chi connectivity index (χ3v) is 3.12. The summed E-state index contributed by atoms with van der Waals surface area (Å²) in [5, 5.41) is 0. The monoisotopic (exact) mass is 226 g/mol. The summed E-state index contributed by atoms with van der Waals surface area (Å²) in [5.74, 6) is -0.418. The van der Waals surface area contributed by atoms with Crippen molar-refractivity contribution in [3.63, 3.8) is 0 Å². The molecule has 4 heteroatoms. The summed E-state index contributed by atoms with van der Waals surface area (Å²) in [6.45, 7) is 5.30. The van der Waals surface area contributed by atoms with E-state index < -0.39 is 0 Å². The molecule has 90 valence electrons. The molecule has 0 radical (unpaired) electrons. The zero-order chi connectivity index (χ0) is 12.3. The van der Waals surface area contributed by atoms with Crippen LogP contribution in [0.3, 0.4) is 0 Å². The van der Waals surface area contributed by atoms with Crippen molar-refractivity contribution in [1.82, 2.24) is 0 Å². The summed E-state index contributed by atoms with van der Waals surface area (Å²) in [5.41, 5.74) is -0.224. The zero-order valence-electron chi connectivity index (χ0n) is 9.99. The molecule has 0 N–H and O–H groups in total. The van der Waals surface area contributed by atoms with Gasteiger partial charge in [0.2, 0.25) is 0 Å². The van der Waals surface area contributed by atoms with Crippen molar-refractivity contribution in [3.05, 3.63) is 0 Å². The highest BCUT2D eigenvalue weighted by Gasteiger charge is 2.61. The third kappa shape index (κ3) is 2.90. The van der Waals surface area contributed by atoms with Crippen LogP contribution in [0.25, 0.3) is 0 Å². The van der Waals surface area contributed by atoms with Gasteiger partial charge in [0.1, 0.15) is 18.2 Å². The lowest BCUT2D eigenvalue weighted by Crippen LogP contribution is -2.10. The topological polar surface area (TPSA) is 60.4 Å². The van der Waals surface area contributed by atoms with Crippen molar-refractivity contribution >= 4 is 18.0 Å². The molecule has 16 heavy (non-hydrogen) atoms. The Balaban J connectivity index is 2.26. The van der Waals surface area contributed by atoms with E-state index in [0.717, 1.165) is 6.29 Å². The number of aldehydes is 1. The Bertz CT molecular complexity index is 306. The van der Waals surface area contributed by atoms with Gasteiger partial charge >= 0.3 is 5.97 Å². The van der Waals surface area contributed by atoms with Crippen molar-refractivity contribution in [2.75, 3.05) is 0 Å². The largest absolute Gasteiger partial charge is 0.461 e. The molecular weight excluding hydrogens is 208 g/mol. The number of hydrogen-bond donors (Lipinski definition) is 0. The molecule has 0 saturated heterocycles. The minimum Gasteiger partial charge on any atom is -0.461 e. The van der Waals surface area contributed by atoms with Gasteiger partial charge in [0.25, 0.3) is 0 Å². The molecule has 0 aromatic rings. The fourth-order valence-corrected chi connectivity index (χ4v) is 1.78. The summed E-state index contributed by atoms with van der Waals surface area (Å²) < 4.78 is 5.18. The van der Waals surface area contributed by atoms with E-state index in [1.165, 1.54) is 6.92 Å². The molecule has 0 heterocycles. The minimum atomic E-state index is -0.316. The van der Waals surface area contributed by atoms with Crippen LogP contribution in [0.4, 0.5) is 0 Å². The van der Waals surface area contributed by atoms with E-state index in [1.54, 1.807) is 0 Å². The molecule has 2 unspecified atom stereocenters. The lowest BCUT2D eigenvalue weighted by molar-refractivity contribution is -0.146. The summed E-state index contributed by atoms with van der Waals surface area (Å²) in [4.78, 5) is 32.7. The summed E-state index contributed by atoms with van der Waals surface area (Å²) in [7, 11) is 0. The molecule has 1 fully saturated rings. The van der Waals surface area contributed by atoms with Crippen molar-refractivity contribution in [1.29, 1.82) is 0 Å². The maximum atomic E-state index is 11.4. The van der Waals surface area contributed by atoms with Crippen LogP contribution in [0.5, 0.6) is 0 Å². The van der Waals surface area contributed by atoms with Crippen LogP contribution in [0.2, 0.25) is 0 Å². The molecule has 1 saturated carbocycles. The molecule has 0 aromatic carbocycles. The molecule has 0 spiro atoms. The number of carbonyl (C=O) groups is 3. The molecule has 0 bridgehead atoms. The Morgan fingerprint density at radius 3 is 2.38 bits per heavy atom. The number of hydrogen-bond acceptors (Lipinski definition) is 4. The summed E-state index contributed by atoms with van der Waals surface area (Å²) >= 11 is 0. The van der Waals surface area contributed by atoms with E-state index in [9.17, 15) is 14.4 Å². The van der Waals surface area contributed by atoms with E-state index >= 15 is 0 Å². The number of rotatable bonds is 6. The minimum absolute atomic E-state index is 0.0744. The molecule has 1 rings (SSSR count). The predicted molar refractivity (Wildman–Crippen MR) is 57.7 cm³/mol. The van der Waals surface area contributed by atoms with Gasteiger partial charge in [-0.2, -0.15) is 0 Å². The van der Waals surface area contributed by atoms with Crippen LogP contribution in [0.15, 0.2) is 0 Å². The fraction of sp³-hybridized carbons (Fsp3) is 0.750. The Morgan fingerprint density at radius 2 is 1.94 bits per heavy atom. The predicted octanol–water partition coefficient (Wildman–Crippen LogP) is 1.51. The zero-order valence-corrected chi connectivity index (χ0v) is 9.99. The maximum absolute atomic E-state index is 11.4. The van der Waals surface area contributed by atoms with Gasteiger partial charge in [-0.3, -0.25) is 4.79 Å². The highest BCUT2D eigenvalue weighted by Crippen LogP contribution is 2.52. The Kier molecular flexibility index (Phi) is 3.83. The molecule has 1 aliphatic carbocycles. The molecule has 4 nitrogen and oxygen atoms in total. The first kappa shape index (κ1) is 12.9. The smallest absolute Gasteiger partial charge is 0.306 e. The average molecular weight is 226 g/mol. The van der Waals surface area contributed by atoms with E-state index in [4.69, 9.17) is 4.74 Å². The van der Waals surface area contributed by atoms with Crippen molar-refractivity contribution in [3.8, 4) is 0 Å². The van der Waals surface area contributed by atoms with Gasteiger partial charge in [-0.1, -0.05) is 13.8 Å². The van der Waals surface area contributed by atoms with Crippen LogP contribution >= 0.6 is 0 Å². The van der Waals surface area contributed by atoms with Crippen molar-refractivity contribution in [2.45, 2.75) is 46.1 Å². The fourth-order valence-electron chi connectivity index (χ4n) is 1.78. The summed E-state index contributed by atoms with van der Waals surface area (Å²) in [6, 6.07) is 0. The first-order valence-electron chi connectivity index (χ1n) is 5.53. The van der Waals surface area contributed by atoms with Gasteiger partial charge in [-0.05, 0) is 13.3 Å². The van der Waals surface area contributed by atoms with Gasteiger partial charge in [0.15, 0.2) is 0 Å². The molecule has 0 aromatic heterocycles. The number of esters is 1. The second-order valence-electron chi connectivity index (χ2n) is 4.95. The molecule has 2 atom stereocenters. The van der Waals surface area contributed by atoms with Crippen molar-refractivity contribution < 1.29 is 19.1 Å². The SMILES string of the molecule is CC(=O)CCCC(=O)OC1C(C=O)C1(C)C. The molecule has 0 aliphatic heterocycles. The maximum Gasteiger partial charge on any atom is 0.306 e. The van der Waals surface area contributed by atoms with Gasteiger partial charge < -0.3 is 14.3 Å². The first-order valence-corrected chi connectivity index (χ1v) is 5.53. The normalized spacial score (nSPS) is 25.9. The second-order valence-corrected chi connectivity index (χ2v) is 4.95. The summed E-state index contributed by atoms with van der Waals surface area (Å²) in [6.07, 6.45) is 1.73. The van der Waals surface area contributed by atoms with Gasteiger partial charge in [-0.25, -0.2) is 0 Å². The van der Waals surface area contributed by atoms with E-state index in [1.807, 2.05) is 13.8 Å². The highest BCUT2D eigenvalue weighted by atomic mass is 16.6. The standard InChI is InChI=1S/C12H18O4/c1-8(14)5-4-6-10(15)16-11-9(7-13)12(11,2)3/h7,9,11H,4-6H2,1-3H3. The molecule has 0 amide bonds. The van der Waals surface area contributed by atoms with Gasteiger partial charge in [0.05, 0.1) is 5.92 Å². The third-order valence-electron chi connectivity index (χ3n) is 3.12. The van der Waals surface area contributed by atoms with Crippen molar-refractivity contribution in [2.24, 2.45) is 11.3 Å². The molecule has 1 aliphatic rings. The number of carbonyl (C=O) groups excluding carboxylic acids is 3. The Morgan fingerprint density at radius 1 is 1.31 bits per heavy atom. The Labute approximate surface area is 95.3 Å². The van der Waals surface area contributed by atoms with E-state index in [-0.39, 0.29) is 35.6 Å². The van der Waals surface area contributed by atoms with Crippen LogP contribution in [0, 0.1) is 11.3 Å². The highest BCUT2D eigenvalue weighted by molar-refractivity contribution is 5.77. The lowest BCUT2D eigenvalue weighted by Gasteiger charge is -2.05. The Hall–Kier alpha value is -1.19. The lowest BCUT2D eigenvalue weighted by atomic mass is 10.1. The van der Waals surface area contributed by atoms with Crippen LogP contribution in [-0.2, 0) is 19.1 Å².